The van der Waals surface area contributed by atoms with E-state index in [9.17, 15) is 0 Å². The summed E-state index contributed by atoms with van der Waals surface area (Å²) in [6, 6.07) is 9.12. The van der Waals surface area contributed by atoms with Crippen LogP contribution < -0.4 is 5.73 Å². The van der Waals surface area contributed by atoms with Crippen molar-refractivity contribution in [1.29, 1.82) is 0 Å². The van der Waals surface area contributed by atoms with Crippen LogP contribution in [0.5, 0.6) is 0 Å². The molecule has 2 aliphatic rings. The molecule has 0 amide bonds. The molecule has 98 valence electrons. The van der Waals surface area contributed by atoms with Gasteiger partial charge >= 0.3 is 0 Å². The first-order valence-electron chi connectivity index (χ1n) is 7.29. The van der Waals surface area contributed by atoms with Crippen molar-refractivity contribution in [2.24, 2.45) is 11.7 Å². The Kier molecular flexibility index (Phi) is 3.67. The molecule has 1 aliphatic carbocycles. The van der Waals surface area contributed by atoms with Crippen LogP contribution in [0.3, 0.4) is 0 Å². The van der Waals surface area contributed by atoms with Crippen molar-refractivity contribution in [2.45, 2.75) is 50.7 Å². The standard InChI is InChI=1S/C16H23NO/c17-15-8-4-2-6-13(15)11-16-14-7-3-1-5-12(14)9-10-18-16/h1,3,5,7,13,15-16H,2,4,6,8-11,17H2. The molecular formula is C16H23NO. The minimum Gasteiger partial charge on any atom is -0.373 e. The van der Waals surface area contributed by atoms with Crippen molar-refractivity contribution in [3.63, 3.8) is 0 Å². The first-order valence-corrected chi connectivity index (χ1v) is 7.29. The summed E-state index contributed by atoms with van der Waals surface area (Å²) < 4.78 is 6.00. The van der Waals surface area contributed by atoms with Gasteiger partial charge in [0.05, 0.1) is 12.7 Å². The lowest BCUT2D eigenvalue weighted by atomic mass is 9.80. The van der Waals surface area contributed by atoms with Crippen LogP contribution in [0, 0.1) is 5.92 Å². The molecule has 3 atom stereocenters. The van der Waals surface area contributed by atoms with Crippen LogP contribution in [0.25, 0.3) is 0 Å². The van der Waals surface area contributed by atoms with Gasteiger partial charge in [0, 0.05) is 6.04 Å². The number of hydrogen-bond acceptors (Lipinski definition) is 2. The van der Waals surface area contributed by atoms with Crippen molar-refractivity contribution in [3.05, 3.63) is 35.4 Å². The molecule has 0 bridgehead atoms. The van der Waals surface area contributed by atoms with Gasteiger partial charge in [-0.2, -0.15) is 0 Å². The molecule has 2 nitrogen and oxygen atoms in total. The molecule has 3 rings (SSSR count). The molecular weight excluding hydrogens is 222 g/mol. The van der Waals surface area contributed by atoms with Crippen LogP contribution >= 0.6 is 0 Å². The molecule has 0 radical (unpaired) electrons. The Morgan fingerprint density at radius 1 is 1.17 bits per heavy atom. The van der Waals surface area contributed by atoms with E-state index in [2.05, 4.69) is 24.3 Å². The third kappa shape index (κ3) is 2.45. The maximum atomic E-state index is 6.26. The Balaban J connectivity index is 1.73. The lowest BCUT2D eigenvalue weighted by Crippen LogP contribution is -2.35. The van der Waals surface area contributed by atoms with Gasteiger partial charge in [-0.1, -0.05) is 37.1 Å². The molecule has 1 fully saturated rings. The van der Waals surface area contributed by atoms with Crippen molar-refractivity contribution in [1.82, 2.24) is 0 Å². The number of hydrogen-bond donors (Lipinski definition) is 1. The fourth-order valence-electron chi connectivity index (χ4n) is 3.48. The van der Waals surface area contributed by atoms with Gasteiger partial charge in [0.25, 0.3) is 0 Å². The highest BCUT2D eigenvalue weighted by Crippen LogP contribution is 2.36. The second-order valence-corrected chi connectivity index (χ2v) is 5.75. The van der Waals surface area contributed by atoms with Crippen LogP contribution in [0.2, 0.25) is 0 Å². The summed E-state index contributed by atoms with van der Waals surface area (Å²) in [7, 11) is 0. The summed E-state index contributed by atoms with van der Waals surface area (Å²) in [6.07, 6.45) is 7.57. The van der Waals surface area contributed by atoms with E-state index < -0.39 is 0 Å². The van der Waals surface area contributed by atoms with E-state index in [1.54, 1.807) is 0 Å². The zero-order valence-corrected chi connectivity index (χ0v) is 11.0. The molecule has 1 aromatic rings. The molecule has 1 saturated carbocycles. The molecule has 2 N–H and O–H groups in total. The summed E-state index contributed by atoms with van der Waals surface area (Å²) >= 11 is 0. The summed E-state index contributed by atoms with van der Waals surface area (Å²) in [4.78, 5) is 0. The molecule has 18 heavy (non-hydrogen) atoms. The third-order valence-corrected chi connectivity index (χ3v) is 4.58. The molecule has 3 unspecified atom stereocenters. The quantitative estimate of drug-likeness (QED) is 0.868. The van der Waals surface area contributed by atoms with Gasteiger partial charge in [-0.3, -0.25) is 0 Å². The maximum Gasteiger partial charge on any atom is 0.0831 e. The Bertz CT molecular complexity index is 404. The van der Waals surface area contributed by atoms with Crippen LogP contribution in [-0.2, 0) is 11.2 Å². The fraction of sp³-hybridized carbons (Fsp3) is 0.625. The first kappa shape index (κ1) is 12.2. The summed E-state index contributed by atoms with van der Waals surface area (Å²) in [6.45, 7) is 0.865. The van der Waals surface area contributed by atoms with E-state index in [1.807, 2.05) is 0 Å². The molecule has 0 spiro atoms. The highest BCUT2D eigenvalue weighted by Gasteiger charge is 2.28. The molecule has 0 saturated heterocycles. The van der Waals surface area contributed by atoms with Gasteiger partial charge in [0.2, 0.25) is 0 Å². The predicted octanol–water partition coefficient (Wildman–Crippen LogP) is 3.21. The van der Waals surface area contributed by atoms with Crippen molar-refractivity contribution < 1.29 is 4.74 Å². The number of fused-ring (bicyclic) bond motifs is 1. The smallest absolute Gasteiger partial charge is 0.0831 e. The van der Waals surface area contributed by atoms with Crippen LogP contribution in [0.4, 0.5) is 0 Å². The molecule has 1 aromatic carbocycles. The van der Waals surface area contributed by atoms with E-state index in [0.29, 0.717) is 12.0 Å². The Labute approximate surface area is 110 Å². The molecule has 0 aromatic heterocycles. The molecule has 1 aliphatic heterocycles. The second kappa shape index (κ2) is 5.41. The van der Waals surface area contributed by atoms with Gasteiger partial charge in [-0.05, 0) is 42.7 Å². The largest absolute Gasteiger partial charge is 0.373 e. The van der Waals surface area contributed by atoms with Gasteiger partial charge in [0.15, 0.2) is 0 Å². The van der Waals surface area contributed by atoms with Crippen LogP contribution in [-0.4, -0.2) is 12.6 Å². The predicted molar refractivity (Wildman–Crippen MR) is 73.4 cm³/mol. The summed E-state index contributed by atoms with van der Waals surface area (Å²) in [5.74, 6) is 0.648. The molecule has 1 heterocycles. The summed E-state index contributed by atoms with van der Waals surface area (Å²) in [5, 5.41) is 0. The fourth-order valence-corrected chi connectivity index (χ4v) is 3.48. The van der Waals surface area contributed by atoms with Crippen molar-refractivity contribution in [3.8, 4) is 0 Å². The second-order valence-electron chi connectivity index (χ2n) is 5.75. The van der Waals surface area contributed by atoms with E-state index in [-0.39, 0.29) is 6.10 Å². The average molecular weight is 245 g/mol. The normalized spacial score (nSPS) is 31.9. The van der Waals surface area contributed by atoms with E-state index in [0.717, 1.165) is 19.4 Å². The SMILES string of the molecule is NC1CCCCC1CC1OCCc2ccccc21. The zero-order chi connectivity index (χ0) is 12.4. The van der Waals surface area contributed by atoms with E-state index in [4.69, 9.17) is 10.5 Å². The Hall–Kier alpha value is -0.860. The maximum absolute atomic E-state index is 6.26. The third-order valence-electron chi connectivity index (χ3n) is 4.58. The van der Waals surface area contributed by atoms with Gasteiger partial charge in [-0.25, -0.2) is 0 Å². The summed E-state index contributed by atoms with van der Waals surface area (Å²) in [5.41, 5.74) is 9.14. The van der Waals surface area contributed by atoms with Gasteiger partial charge < -0.3 is 10.5 Å². The number of benzene rings is 1. The number of ether oxygens (including phenoxy) is 1. The van der Waals surface area contributed by atoms with Gasteiger partial charge in [-0.15, -0.1) is 0 Å². The van der Waals surface area contributed by atoms with Crippen LogP contribution in [0.1, 0.15) is 49.3 Å². The monoisotopic (exact) mass is 245 g/mol. The van der Waals surface area contributed by atoms with Crippen molar-refractivity contribution >= 4 is 0 Å². The van der Waals surface area contributed by atoms with Gasteiger partial charge in [0.1, 0.15) is 0 Å². The first-order chi connectivity index (χ1) is 8.84. The highest BCUT2D eigenvalue weighted by atomic mass is 16.5. The lowest BCUT2D eigenvalue weighted by molar-refractivity contribution is 0.0187. The lowest BCUT2D eigenvalue weighted by Gasteiger charge is -2.34. The Morgan fingerprint density at radius 2 is 2.00 bits per heavy atom. The number of rotatable bonds is 2. The van der Waals surface area contributed by atoms with Crippen LogP contribution in [0.15, 0.2) is 24.3 Å². The minimum atomic E-state index is 0.282. The molecule has 2 heteroatoms. The Morgan fingerprint density at radius 3 is 2.89 bits per heavy atom. The topological polar surface area (TPSA) is 35.2 Å². The van der Waals surface area contributed by atoms with E-state index >= 15 is 0 Å². The van der Waals surface area contributed by atoms with Crippen molar-refractivity contribution in [2.75, 3.05) is 6.61 Å². The van der Waals surface area contributed by atoms with E-state index in [1.165, 1.54) is 36.8 Å². The zero-order valence-electron chi connectivity index (χ0n) is 11.0. The average Bonchev–Trinajstić information content (AvgIpc) is 2.42. The highest BCUT2D eigenvalue weighted by molar-refractivity contribution is 5.30. The number of nitrogens with two attached hydrogens (primary N) is 1. The minimum absolute atomic E-state index is 0.282.